The number of phenols is 1. The number of carboxylic acids is 1. The number of rotatable bonds is 3. The number of piperidine rings is 1. The first-order chi connectivity index (χ1) is 9.97. The second kappa shape index (κ2) is 6.03. The molecule has 1 saturated heterocycles. The predicted octanol–water partition coefficient (Wildman–Crippen LogP) is 1.73. The molecule has 0 saturated carbocycles. The van der Waals surface area contributed by atoms with Crippen LogP contribution in [0, 0.1) is 5.92 Å². The molecule has 6 heteroatoms. The quantitative estimate of drug-likeness (QED) is 0.886. The van der Waals surface area contributed by atoms with Crippen LogP contribution in [0.25, 0.3) is 0 Å². The van der Waals surface area contributed by atoms with E-state index < -0.39 is 17.9 Å². The number of benzene rings is 1. The van der Waals surface area contributed by atoms with Gasteiger partial charge in [0.05, 0.1) is 12.7 Å². The Morgan fingerprint density at radius 1 is 1.38 bits per heavy atom. The van der Waals surface area contributed by atoms with Crippen molar-refractivity contribution in [3.8, 4) is 11.5 Å². The zero-order chi connectivity index (χ0) is 15.6. The molecule has 1 aliphatic rings. The molecule has 0 bridgehead atoms. The lowest BCUT2D eigenvalue weighted by Gasteiger charge is -2.37. The summed E-state index contributed by atoms with van der Waals surface area (Å²) in [4.78, 5) is 25.4. The highest BCUT2D eigenvalue weighted by Gasteiger charge is 2.38. The van der Waals surface area contributed by atoms with E-state index in [9.17, 15) is 19.8 Å². The Labute approximate surface area is 122 Å². The molecule has 114 valence electrons. The maximum atomic E-state index is 12.6. The first kappa shape index (κ1) is 15.2. The monoisotopic (exact) mass is 293 g/mol. The molecule has 2 unspecified atom stereocenters. The number of ether oxygens (including phenoxy) is 1. The molecular weight excluding hydrogens is 274 g/mol. The lowest BCUT2D eigenvalue weighted by atomic mass is 9.90. The van der Waals surface area contributed by atoms with Crippen LogP contribution in [0.15, 0.2) is 18.2 Å². The third kappa shape index (κ3) is 2.79. The number of hydrogen-bond acceptors (Lipinski definition) is 4. The third-order valence-corrected chi connectivity index (χ3v) is 3.90. The summed E-state index contributed by atoms with van der Waals surface area (Å²) in [5.41, 5.74) is 0.0645. The number of amides is 1. The first-order valence-corrected chi connectivity index (χ1v) is 6.87. The number of carbonyl (C=O) groups is 2. The Morgan fingerprint density at radius 3 is 2.71 bits per heavy atom. The summed E-state index contributed by atoms with van der Waals surface area (Å²) in [5.74, 6) is -1.68. The molecule has 6 nitrogen and oxygen atoms in total. The highest BCUT2D eigenvalue weighted by Crippen LogP contribution is 2.32. The SMILES string of the molecule is COc1cccc(C(=O)N2CCCC(C)C2C(=O)O)c1O. The summed E-state index contributed by atoms with van der Waals surface area (Å²) >= 11 is 0. The first-order valence-electron chi connectivity index (χ1n) is 6.87. The van der Waals surface area contributed by atoms with Crippen molar-refractivity contribution >= 4 is 11.9 Å². The van der Waals surface area contributed by atoms with Crippen LogP contribution in [0.5, 0.6) is 11.5 Å². The van der Waals surface area contributed by atoms with Crippen LogP contribution in [-0.4, -0.2) is 46.7 Å². The van der Waals surface area contributed by atoms with E-state index in [0.29, 0.717) is 6.54 Å². The van der Waals surface area contributed by atoms with E-state index in [1.165, 1.54) is 18.1 Å². The summed E-state index contributed by atoms with van der Waals surface area (Å²) in [6, 6.07) is 3.74. The van der Waals surface area contributed by atoms with Gasteiger partial charge in [0.25, 0.3) is 5.91 Å². The molecule has 1 aliphatic heterocycles. The molecule has 2 atom stereocenters. The lowest BCUT2D eigenvalue weighted by Crippen LogP contribution is -2.51. The van der Waals surface area contributed by atoms with Gasteiger partial charge in [0.2, 0.25) is 0 Å². The number of nitrogens with zero attached hydrogens (tertiary/aromatic N) is 1. The number of methoxy groups -OCH3 is 1. The van der Waals surface area contributed by atoms with Crippen LogP contribution in [0.1, 0.15) is 30.1 Å². The van der Waals surface area contributed by atoms with Crippen molar-refractivity contribution in [3.05, 3.63) is 23.8 Å². The zero-order valence-electron chi connectivity index (χ0n) is 12.1. The molecule has 1 fully saturated rings. The number of carbonyl (C=O) groups excluding carboxylic acids is 1. The molecular formula is C15H19NO5. The summed E-state index contributed by atoms with van der Waals surface area (Å²) in [6.45, 7) is 2.19. The number of likely N-dealkylation sites (tertiary alicyclic amines) is 1. The Kier molecular flexibility index (Phi) is 4.35. The molecule has 1 aromatic carbocycles. The summed E-state index contributed by atoms with van der Waals surface area (Å²) in [5, 5.41) is 19.4. The smallest absolute Gasteiger partial charge is 0.326 e. The van der Waals surface area contributed by atoms with Crippen molar-refractivity contribution in [2.45, 2.75) is 25.8 Å². The van der Waals surface area contributed by atoms with Crippen molar-refractivity contribution in [1.29, 1.82) is 0 Å². The highest BCUT2D eigenvalue weighted by molar-refractivity contribution is 5.99. The van der Waals surface area contributed by atoms with E-state index in [4.69, 9.17) is 4.74 Å². The molecule has 0 aliphatic carbocycles. The number of aliphatic carboxylic acids is 1. The average Bonchev–Trinajstić information content (AvgIpc) is 2.46. The van der Waals surface area contributed by atoms with Crippen molar-refractivity contribution in [1.82, 2.24) is 4.90 Å². The molecule has 1 heterocycles. The van der Waals surface area contributed by atoms with Crippen LogP contribution < -0.4 is 4.74 Å². The normalized spacial score (nSPS) is 21.9. The van der Waals surface area contributed by atoms with E-state index in [2.05, 4.69) is 0 Å². The topological polar surface area (TPSA) is 87.1 Å². The van der Waals surface area contributed by atoms with Gasteiger partial charge in [-0.3, -0.25) is 4.79 Å². The van der Waals surface area contributed by atoms with Gasteiger partial charge in [0, 0.05) is 6.54 Å². The zero-order valence-corrected chi connectivity index (χ0v) is 12.1. The Bertz CT molecular complexity index is 557. The Hall–Kier alpha value is -2.24. The van der Waals surface area contributed by atoms with Crippen LogP contribution in [-0.2, 0) is 4.79 Å². The van der Waals surface area contributed by atoms with Gasteiger partial charge in [0.15, 0.2) is 11.5 Å². The average molecular weight is 293 g/mol. The number of para-hydroxylation sites is 1. The molecule has 0 radical (unpaired) electrons. The van der Waals surface area contributed by atoms with Crippen molar-refractivity contribution in [2.24, 2.45) is 5.92 Å². The number of hydrogen-bond donors (Lipinski definition) is 2. The van der Waals surface area contributed by atoms with E-state index in [0.717, 1.165) is 12.8 Å². The van der Waals surface area contributed by atoms with Gasteiger partial charge in [-0.15, -0.1) is 0 Å². The second-order valence-electron chi connectivity index (χ2n) is 5.26. The number of phenolic OH excluding ortho intramolecular Hbond substituents is 1. The maximum Gasteiger partial charge on any atom is 0.326 e. The fourth-order valence-corrected chi connectivity index (χ4v) is 2.81. The van der Waals surface area contributed by atoms with Crippen molar-refractivity contribution in [2.75, 3.05) is 13.7 Å². The Balaban J connectivity index is 2.36. The second-order valence-corrected chi connectivity index (χ2v) is 5.26. The van der Waals surface area contributed by atoms with Gasteiger partial charge < -0.3 is 19.8 Å². The number of carboxylic acid groups (broad SMARTS) is 1. The van der Waals surface area contributed by atoms with Crippen molar-refractivity contribution in [3.63, 3.8) is 0 Å². The fraction of sp³-hybridized carbons (Fsp3) is 0.467. The molecule has 1 amide bonds. The minimum atomic E-state index is -1.02. The highest BCUT2D eigenvalue weighted by atomic mass is 16.5. The van der Waals surface area contributed by atoms with Crippen LogP contribution >= 0.6 is 0 Å². The molecule has 0 spiro atoms. The lowest BCUT2D eigenvalue weighted by molar-refractivity contribution is -0.145. The largest absolute Gasteiger partial charge is 0.504 e. The van der Waals surface area contributed by atoms with E-state index in [1.54, 1.807) is 12.1 Å². The van der Waals surface area contributed by atoms with Gasteiger partial charge in [0.1, 0.15) is 6.04 Å². The molecule has 1 aromatic rings. The minimum Gasteiger partial charge on any atom is -0.504 e. The number of aromatic hydroxyl groups is 1. The van der Waals surface area contributed by atoms with Crippen molar-refractivity contribution < 1.29 is 24.5 Å². The summed E-state index contributed by atoms with van der Waals surface area (Å²) in [6.07, 6.45) is 1.52. The predicted molar refractivity (Wildman–Crippen MR) is 75.5 cm³/mol. The molecule has 2 N–H and O–H groups in total. The molecule has 2 rings (SSSR count). The standard InChI is InChI=1S/C15H19NO5/c1-9-5-4-8-16(12(9)15(19)20)14(18)10-6-3-7-11(21-2)13(10)17/h3,6-7,9,12,17H,4-5,8H2,1-2H3,(H,19,20). The van der Waals surface area contributed by atoms with Crippen LogP contribution in [0.4, 0.5) is 0 Å². The molecule has 0 aromatic heterocycles. The van der Waals surface area contributed by atoms with E-state index >= 15 is 0 Å². The van der Waals surface area contributed by atoms with Gasteiger partial charge >= 0.3 is 5.97 Å². The van der Waals surface area contributed by atoms with Crippen LogP contribution in [0.3, 0.4) is 0 Å². The summed E-state index contributed by atoms with van der Waals surface area (Å²) in [7, 11) is 1.40. The van der Waals surface area contributed by atoms with Gasteiger partial charge in [-0.1, -0.05) is 13.0 Å². The maximum absolute atomic E-state index is 12.6. The summed E-state index contributed by atoms with van der Waals surface area (Å²) < 4.78 is 4.98. The third-order valence-electron chi connectivity index (χ3n) is 3.90. The van der Waals surface area contributed by atoms with Gasteiger partial charge in [-0.2, -0.15) is 0 Å². The minimum absolute atomic E-state index is 0.0645. The van der Waals surface area contributed by atoms with Gasteiger partial charge in [-0.05, 0) is 30.9 Å². The van der Waals surface area contributed by atoms with E-state index in [1.807, 2.05) is 6.92 Å². The molecule has 21 heavy (non-hydrogen) atoms. The van der Waals surface area contributed by atoms with Gasteiger partial charge in [-0.25, -0.2) is 4.79 Å². The van der Waals surface area contributed by atoms with Crippen LogP contribution in [0.2, 0.25) is 0 Å². The van der Waals surface area contributed by atoms with E-state index in [-0.39, 0.29) is 23.0 Å². The fourth-order valence-electron chi connectivity index (χ4n) is 2.81. The Morgan fingerprint density at radius 2 is 2.10 bits per heavy atom.